The molecule has 1 amide bonds. The van der Waals surface area contributed by atoms with Gasteiger partial charge in [-0.05, 0) is 0 Å². The Labute approximate surface area is 100 Å². The lowest BCUT2D eigenvalue weighted by molar-refractivity contribution is -0.132. The highest BCUT2D eigenvalue weighted by molar-refractivity contribution is 5.85. The second kappa shape index (κ2) is 6.44. The second-order valence-electron chi connectivity index (χ2n) is 3.55. The van der Waals surface area contributed by atoms with Gasteiger partial charge in [-0.15, -0.1) is 17.5 Å². The third-order valence-electron chi connectivity index (χ3n) is 2.50. The van der Waals surface area contributed by atoms with Crippen molar-refractivity contribution in [2.45, 2.75) is 13.0 Å². The van der Waals surface area contributed by atoms with Gasteiger partial charge >= 0.3 is 0 Å². The van der Waals surface area contributed by atoms with Gasteiger partial charge in [0.1, 0.15) is 0 Å². The Bertz CT molecular complexity index is 310. The standard InChI is InChI=1S/C9H15N5O.ClH/c15-9(13-6-2-10-3-7-13)1-5-14-8-4-11-12-14;/h4,8,10H,1-3,5-7H2;1H. The van der Waals surface area contributed by atoms with E-state index in [4.69, 9.17) is 0 Å². The van der Waals surface area contributed by atoms with Crippen LogP contribution in [-0.4, -0.2) is 52.0 Å². The number of hydrogen-bond acceptors (Lipinski definition) is 4. The maximum atomic E-state index is 11.7. The van der Waals surface area contributed by atoms with Crippen LogP contribution < -0.4 is 5.32 Å². The molecule has 1 aliphatic rings. The number of carbonyl (C=O) groups excluding carboxylic acids is 1. The largest absolute Gasteiger partial charge is 0.340 e. The van der Waals surface area contributed by atoms with Crippen LogP contribution >= 0.6 is 12.4 Å². The normalized spacial score (nSPS) is 15.6. The molecule has 90 valence electrons. The predicted molar refractivity (Wildman–Crippen MR) is 61.3 cm³/mol. The van der Waals surface area contributed by atoms with E-state index >= 15 is 0 Å². The summed E-state index contributed by atoms with van der Waals surface area (Å²) in [6, 6.07) is 0. The Morgan fingerprint density at radius 1 is 1.38 bits per heavy atom. The summed E-state index contributed by atoms with van der Waals surface area (Å²) in [7, 11) is 0. The molecule has 1 saturated heterocycles. The topological polar surface area (TPSA) is 63.1 Å². The van der Waals surface area contributed by atoms with Crippen LogP contribution in [0.15, 0.2) is 12.4 Å². The summed E-state index contributed by atoms with van der Waals surface area (Å²) in [6.07, 6.45) is 3.89. The Morgan fingerprint density at radius 3 is 2.75 bits per heavy atom. The van der Waals surface area contributed by atoms with Gasteiger partial charge in [-0.25, -0.2) is 0 Å². The molecule has 2 rings (SSSR count). The molecule has 0 aromatic carbocycles. The molecule has 7 heteroatoms. The second-order valence-corrected chi connectivity index (χ2v) is 3.55. The van der Waals surface area contributed by atoms with E-state index in [0.717, 1.165) is 26.2 Å². The maximum Gasteiger partial charge on any atom is 0.224 e. The van der Waals surface area contributed by atoms with Crippen LogP contribution in [-0.2, 0) is 11.3 Å². The van der Waals surface area contributed by atoms with E-state index < -0.39 is 0 Å². The van der Waals surface area contributed by atoms with E-state index in [-0.39, 0.29) is 18.3 Å². The minimum absolute atomic E-state index is 0. The highest BCUT2D eigenvalue weighted by Gasteiger charge is 2.15. The highest BCUT2D eigenvalue weighted by atomic mass is 35.5. The first kappa shape index (κ1) is 12.9. The molecule has 0 aliphatic carbocycles. The fourth-order valence-corrected chi connectivity index (χ4v) is 1.63. The van der Waals surface area contributed by atoms with Crippen molar-refractivity contribution in [3.8, 4) is 0 Å². The first-order valence-corrected chi connectivity index (χ1v) is 5.19. The molecule has 0 bridgehead atoms. The number of piperazine rings is 1. The number of amides is 1. The van der Waals surface area contributed by atoms with Gasteiger partial charge in [0.25, 0.3) is 0 Å². The van der Waals surface area contributed by atoms with Crippen molar-refractivity contribution >= 4 is 18.3 Å². The van der Waals surface area contributed by atoms with Crippen molar-refractivity contribution in [3.05, 3.63) is 12.4 Å². The predicted octanol–water partition coefficient (Wildman–Crippen LogP) is -0.478. The molecule has 0 radical (unpaired) electrons. The lowest BCUT2D eigenvalue weighted by Crippen LogP contribution is -2.46. The Hall–Kier alpha value is -1.14. The van der Waals surface area contributed by atoms with Crippen molar-refractivity contribution in [2.24, 2.45) is 0 Å². The summed E-state index contributed by atoms with van der Waals surface area (Å²) in [6.45, 7) is 4.04. The number of carbonyl (C=O) groups is 1. The van der Waals surface area contributed by atoms with Crippen LogP contribution in [0.2, 0.25) is 0 Å². The van der Waals surface area contributed by atoms with Gasteiger partial charge < -0.3 is 10.2 Å². The average Bonchev–Trinajstić information content (AvgIpc) is 2.80. The Balaban J connectivity index is 0.00000128. The number of aryl methyl sites for hydroxylation is 1. The van der Waals surface area contributed by atoms with E-state index in [2.05, 4.69) is 15.6 Å². The number of aromatic nitrogens is 3. The summed E-state index contributed by atoms with van der Waals surface area (Å²) < 4.78 is 1.68. The molecule has 0 spiro atoms. The van der Waals surface area contributed by atoms with Gasteiger partial charge in [-0.2, -0.15) is 0 Å². The van der Waals surface area contributed by atoms with Crippen molar-refractivity contribution in [2.75, 3.05) is 26.2 Å². The average molecular weight is 246 g/mol. The molecule has 0 saturated carbocycles. The molecule has 1 N–H and O–H groups in total. The molecule has 1 aromatic heterocycles. The molecule has 16 heavy (non-hydrogen) atoms. The molecular formula is C9H16ClN5O. The number of nitrogens with zero attached hydrogens (tertiary/aromatic N) is 4. The highest BCUT2D eigenvalue weighted by Crippen LogP contribution is 1.98. The number of nitrogens with one attached hydrogen (secondary N) is 1. The molecule has 1 aliphatic heterocycles. The van der Waals surface area contributed by atoms with E-state index in [1.165, 1.54) is 0 Å². The molecule has 1 fully saturated rings. The van der Waals surface area contributed by atoms with E-state index in [1.54, 1.807) is 17.1 Å². The molecule has 0 atom stereocenters. The van der Waals surface area contributed by atoms with Crippen LogP contribution in [0.4, 0.5) is 0 Å². The molecule has 0 unspecified atom stereocenters. The minimum Gasteiger partial charge on any atom is -0.340 e. The zero-order chi connectivity index (χ0) is 10.5. The summed E-state index contributed by atoms with van der Waals surface area (Å²) in [4.78, 5) is 13.6. The maximum absolute atomic E-state index is 11.7. The fourth-order valence-electron chi connectivity index (χ4n) is 1.63. The van der Waals surface area contributed by atoms with Crippen molar-refractivity contribution in [1.29, 1.82) is 0 Å². The van der Waals surface area contributed by atoms with Gasteiger partial charge in [0.05, 0.1) is 12.7 Å². The zero-order valence-electron chi connectivity index (χ0n) is 9.00. The zero-order valence-corrected chi connectivity index (χ0v) is 9.82. The molecule has 1 aromatic rings. The fraction of sp³-hybridized carbons (Fsp3) is 0.667. The van der Waals surface area contributed by atoms with Crippen molar-refractivity contribution in [1.82, 2.24) is 25.2 Å². The van der Waals surface area contributed by atoms with Gasteiger partial charge in [0.2, 0.25) is 5.91 Å². The van der Waals surface area contributed by atoms with Crippen LogP contribution in [0.5, 0.6) is 0 Å². The van der Waals surface area contributed by atoms with Crippen molar-refractivity contribution < 1.29 is 4.79 Å². The van der Waals surface area contributed by atoms with Crippen LogP contribution in [0, 0.1) is 0 Å². The van der Waals surface area contributed by atoms with Gasteiger partial charge in [0, 0.05) is 38.8 Å². The summed E-state index contributed by atoms with van der Waals surface area (Å²) >= 11 is 0. The summed E-state index contributed by atoms with van der Waals surface area (Å²) in [5.41, 5.74) is 0. The molecule has 6 nitrogen and oxygen atoms in total. The van der Waals surface area contributed by atoms with E-state index in [0.29, 0.717) is 13.0 Å². The third kappa shape index (κ3) is 3.46. The van der Waals surface area contributed by atoms with Gasteiger partial charge in [-0.1, -0.05) is 5.21 Å². The third-order valence-corrected chi connectivity index (χ3v) is 2.50. The monoisotopic (exact) mass is 245 g/mol. The molecule has 2 heterocycles. The smallest absolute Gasteiger partial charge is 0.224 e. The number of hydrogen-bond donors (Lipinski definition) is 1. The van der Waals surface area contributed by atoms with Gasteiger partial charge in [0.15, 0.2) is 0 Å². The van der Waals surface area contributed by atoms with Crippen LogP contribution in [0.1, 0.15) is 6.42 Å². The lowest BCUT2D eigenvalue weighted by Gasteiger charge is -2.27. The first-order chi connectivity index (χ1) is 7.36. The number of halogens is 1. The summed E-state index contributed by atoms with van der Waals surface area (Å²) in [5.74, 6) is 0.201. The molecular weight excluding hydrogens is 230 g/mol. The minimum atomic E-state index is 0. The SMILES string of the molecule is Cl.O=C(CCn1ccnn1)N1CCNCC1. The van der Waals surface area contributed by atoms with Crippen LogP contribution in [0.25, 0.3) is 0 Å². The quantitative estimate of drug-likeness (QED) is 0.782. The Kier molecular flexibility index (Phi) is 5.21. The lowest BCUT2D eigenvalue weighted by atomic mass is 10.3. The van der Waals surface area contributed by atoms with Gasteiger partial charge in [-0.3, -0.25) is 9.48 Å². The first-order valence-electron chi connectivity index (χ1n) is 5.19. The summed E-state index contributed by atoms with van der Waals surface area (Å²) in [5, 5.41) is 10.7. The van der Waals surface area contributed by atoms with Crippen molar-refractivity contribution in [3.63, 3.8) is 0 Å². The Morgan fingerprint density at radius 2 is 2.12 bits per heavy atom. The van der Waals surface area contributed by atoms with E-state index in [9.17, 15) is 4.79 Å². The number of rotatable bonds is 3. The van der Waals surface area contributed by atoms with Crippen LogP contribution in [0.3, 0.4) is 0 Å². The van der Waals surface area contributed by atoms with E-state index in [1.807, 2.05) is 4.90 Å².